The van der Waals surface area contributed by atoms with Crippen LogP contribution in [0.15, 0.2) is 11.6 Å². The number of ether oxygens (including phenoxy) is 4. The molecule has 12 heteroatoms. The molecule has 0 radical (unpaired) electrons. The first-order valence-electron chi connectivity index (χ1n) is 16.8. The highest BCUT2D eigenvalue weighted by Gasteiger charge is 2.48. The number of cyclic esters (lactones) is 1. The Hall–Kier alpha value is -1.80. The first kappa shape index (κ1) is 40.4. The highest BCUT2D eigenvalue weighted by Crippen LogP contribution is 2.37. The van der Waals surface area contributed by atoms with E-state index in [1.54, 1.807) is 34.0 Å². The summed E-state index contributed by atoms with van der Waals surface area (Å²) in [6.45, 7) is 18.2. The van der Waals surface area contributed by atoms with E-state index in [1.165, 1.54) is 11.8 Å². The maximum atomic E-state index is 13.5. The highest BCUT2D eigenvalue weighted by molar-refractivity contribution is 5.88. The molecule has 0 aromatic rings. The van der Waals surface area contributed by atoms with E-state index < -0.39 is 59.8 Å². The van der Waals surface area contributed by atoms with E-state index in [1.807, 2.05) is 60.5 Å². The molecule has 2 heterocycles. The van der Waals surface area contributed by atoms with Crippen LogP contribution in [0.2, 0.25) is 0 Å². The van der Waals surface area contributed by atoms with Gasteiger partial charge in [0.25, 0.3) is 0 Å². The van der Waals surface area contributed by atoms with E-state index in [0.717, 1.165) is 0 Å². The summed E-state index contributed by atoms with van der Waals surface area (Å²) < 4.78 is 24.8. The number of aliphatic hydroxyl groups excluding tert-OH is 2. The van der Waals surface area contributed by atoms with Gasteiger partial charge >= 0.3 is 12.0 Å². The van der Waals surface area contributed by atoms with Gasteiger partial charge in [0.05, 0.1) is 23.9 Å². The molecule has 2 rings (SSSR count). The van der Waals surface area contributed by atoms with Gasteiger partial charge in [-0.05, 0) is 87.7 Å². The minimum absolute atomic E-state index is 0.166. The molecule has 1 saturated heterocycles. The van der Waals surface area contributed by atoms with Crippen LogP contribution in [0.1, 0.15) is 88.5 Å². The molecule has 0 spiro atoms. The van der Waals surface area contributed by atoms with Crippen molar-refractivity contribution in [1.29, 1.82) is 0 Å². The van der Waals surface area contributed by atoms with Crippen molar-refractivity contribution in [3.8, 4) is 0 Å². The largest absolute Gasteiger partial charge is 0.456 e. The molecule has 1 fully saturated rings. The van der Waals surface area contributed by atoms with Crippen molar-refractivity contribution in [1.82, 2.24) is 15.1 Å². The van der Waals surface area contributed by atoms with Crippen LogP contribution in [0, 0.1) is 11.8 Å². The Balaban J connectivity index is 2.68. The SMILES string of the molecule is CC[C@H]1OC(=O)/C(C)=C\[C@H](C)[C@@H](O[C@@H]2O[C@H](C)C[C@H](N(C)C)[C@H]2O)[C@](C)(OC)C[C@@H](C)CN(C(=O)NC(C)C)[C@H](C)[C@@H](O)[C@]1(C)O. The lowest BCUT2D eigenvalue weighted by Crippen LogP contribution is -2.62. The van der Waals surface area contributed by atoms with E-state index in [9.17, 15) is 24.9 Å². The average Bonchev–Trinajstić information content (AvgIpc) is 2.96. The summed E-state index contributed by atoms with van der Waals surface area (Å²) in [5.74, 6) is -1.25. The quantitative estimate of drug-likeness (QED) is 0.314. The standard InChI is InChI=1S/C34H63N3O9/c1-14-26-34(10,42)28(39)24(8)37(32(41)35-19(2)3)18-20(4)17-33(9,43-13)29(21(5)15-22(6)30(40)45-26)46-31-27(38)25(36(11)12)16-23(7)44-31/h15,19-21,23-29,31,38-39,42H,14,16-18H2,1-13H3,(H,35,41)/b22-15-/t20-,21+,23-,24-,25+,26-,27-,28-,29-,31+,33-,34-/m1/s1. The second-order valence-corrected chi connectivity index (χ2v) is 14.6. The Labute approximate surface area is 276 Å². The van der Waals surface area contributed by atoms with Crippen LogP contribution >= 0.6 is 0 Å². The van der Waals surface area contributed by atoms with Crippen molar-refractivity contribution in [3.05, 3.63) is 11.6 Å². The maximum absolute atomic E-state index is 13.5. The third-order valence-electron chi connectivity index (χ3n) is 9.69. The summed E-state index contributed by atoms with van der Waals surface area (Å²) in [5, 5.41) is 37.4. The number of carbonyl (C=O) groups is 2. The van der Waals surface area contributed by atoms with E-state index >= 15 is 0 Å². The molecule has 12 atom stereocenters. The van der Waals surface area contributed by atoms with Gasteiger partial charge < -0.3 is 49.4 Å². The number of aliphatic hydroxyl groups is 3. The van der Waals surface area contributed by atoms with E-state index in [0.29, 0.717) is 18.4 Å². The average molecular weight is 658 g/mol. The zero-order valence-electron chi connectivity index (χ0n) is 30.4. The summed E-state index contributed by atoms with van der Waals surface area (Å²) in [4.78, 5) is 30.5. The van der Waals surface area contributed by atoms with Crippen LogP contribution in [-0.4, -0.2) is 131 Å². The van der Waals surface area contributed by atoms with Gasteiger partial charge in [0, 0.05) is 37.2 Å². The number of hydrogen-bond acceptors (Lipinski definition) is 10. The second kappa shape index (κ2) is 16.5. The van der Waals surface area contributed by atoms with Crippen LogP contribution < -0.4 is 5.32 Å². The van der Waals surface area contributed by atoms with E-state index in [4.69, 9.17) is 18.9 Å². The molecule has 0 saturated carbocycles. The molecule has 268 valence electrons. The third kappa shape index (κ3) is 9.64. The van der Waals surface area contributed by atoms with Gasteiger partial charge in [0.1, 0.15) is 23.9 Å². The van der Waals surface area contributed by atoms with Gasteiger partial charge in [-0.15, -0.1) is 0 Å². The number of hydrogen-bond donors (Lipinski definition) is 4. The lowest BCUT2D eigenvalue weighted by molar-refractivity contribution is -0.294. The first-order chi connectivity index (χ1) is 21.2. The number of likely N-dealkylation sites (N-methyl/N-ethyl adjacent to an activating group) is 1. The smallest absolute Gasteiger partial charge is 0.333 e. The van der Waals surface area contributed by atoms with Crippen LogP contribution in [0.4, 0.5) is 4.79 Å². The number of amides is 2. The molecule has 0 bridgehead atoms. The number of nitrogens with zero attached hydrogens (tertiary/aromatic N) is 2. The maximum Gasteiger partial charge on any atom is 0.333 e. The number of methoxy groups -OCH3 is 1. The van der Waals surface area contributed by atoms with Gasteiger partial charge in [-0.3, -0.25) is 0 Å². The number of nitrogens with one attached hydrogen (secondary N) is 1. The van der Waals surface area contributed by atoms with E-state index in [-0.39, 0.29) is 43.1 Å². The van der Waals surface area contributed by atoms with Crippen LogP contribution in [0.5, 0.6) is 0 Å². The Bertz CT molecular complexity index is 1040. The van der Waals surface area contributed by atoms with Crippen LogP contribution in [0.25, 0.3) is 0 Å². The zero-order valence-corrected chi connectivity index (χ0v) is 30.4. The molecule has 12 nitrogen and oxygen atoms in total. The Morgan fingerprint density at radius 1 is 1.20 bits per heavy atom. The normalized spacial score (nSPS) is 41.7. The molecule has 0 aromatic carbocycles. The van der Waals surface area contributed by atoms with Crippen molar-refractivity contribution >= 4 is 12.0 Å². The number of esters is 1. The summed E-state index contributed by atoms with van der Waals surface area (Å²) in [7, 11) is 5.42. The summed E-state index contributed by atoms with van der Waals surface area (Å²) in [6, 6.07) is -1.59. The molecule has 46 heavy (non-hydrogen) atoms. The molecular weight excluding hydrogens is 594 g/mol. The summed E-state index contributed by atoms with van der Waals surface area (Å²) in [5.41, 5.74) is -2.55. The predicted octanol–water partition coefficient (Wildman–Crippen LogP) is 3.07. The van der Waals surface area contributed by atoms with Crippen molar-refractivity contribution in [2.45, 2.75) is 155 Å². The minimum Gasteiger partial charge on any atom is -0.456 e. The van der Waals surface area contributed by atoms with Crippen molar-refractivity contribution in [2.24, 2.45) is 11.8 Å². The Morgan fingerprint density at radius 3 is 2.33 bits per heavy atom. The van der Waals surface area contributed by atoms with Crippen molar-refractivity contribution in [2.75, 3.05) is 27.7 Å². The molecule has 2 aliphatic heterocycles. The first-order valence-corrected chi connectivity index (χ1v) is 16.8. The minimum atomic E-state index is -1.86. The molecule has 0 aliphatic carbocycles. The summed E-state index contributed by atoms with van der Waals surface area (Å²) >= 11 is 0. The lowest BCUT2D eigenvalue weighted by Gasteiger charge is -2.47. The molecule has 0 aromatic heterocycles. The van der Waals surface area contributed by atoms with Crippen LogP contribution in [-0.2, 0) is 23.7 Å². The van der Waals surface area contributed by atoms with Crippen LogP contribution in [0.3, 0.4) is 0 Å². The molecule has 2 amide bonds. The summed E-state index contributed by atoms with van der Waals surface area (Å²) in [6.07, 6.45) is -2.23. The fourth-order valence-corrected chi connectivity index (χ4v) is 7.03. The lowest BCUT2D eigenvalue weighted by atomic mass is 9.81. The molecule has 2 aliphatic rings. The predicted molar refractivity (Wildman–Crippen MR) is 176 cm³/mol. The Morgan fingerprint density at radius 2 is 1.80 bits per heavy atom. The van der Waals surface area contributed by atoms with Gasteiger partial charge in [-0.25, -0.2) is 9.59 Å². The number of carbonyl (C=O) groups excluding carboxylic acids is 2. The highest BCUT2D eigenvalue weighted by atomic mass is 16.7. The van der Waals surface area contributed by atoms with Gasteiger partial charge in [-0.2, -0.15) is 0 Å². The second-order valence-electron chi connectivity index (χ2n) is 14.6. The fourth-order valence-electron chi connectivity index (χ4n) is 7.03. The number of rotatable bonds is 6. The fraction of sp³-hybridized carbons (Fsp3) is 0.882. The van der Waals surface area contributed by atoms with E-state index in [2.05, 4.69) is 5.32 Å². The van der Waals surface area contributed by atoms with Gasteiger partial charge in [-0.1, -0.05) is 26.8 Å². The molecule has 4 N–H and O–H groups in total. The number of urea groups is 1. The van der Waals surface area contributed by atoms with Gasteiger partial charge in [0.2, 0.25) is 0 Å². The van der Waals surface area contributed by atoms with Crippen molar-refractivity contribution in [3.63, 3.8) is 0 Å². The van der Waals surface area contributed by atoms with Crippen molar-refractivity contribution < 1.29 is 43.9 Å². The molecule has 0 unspecified atom stereocenters. The zero-order chi connectivity index (χ0) is 35.3. The third-order valence-corrected chi connectivity index (χ3v) is 9.69. The topological polar surface area (TPSA) is 150 Å². The van der Waals surface area contributed by atoms with Gasteiger partial charge in [0.15, 0.2) is 6.29 Å². The Kier molecular flexibility index (Phi) is 14.5. The monoisotopic (exact) mass is 657 g/mol. The molecular formula is C34H63N3O9.